The van der Waals surface area contributed by atoms with Crippen LogP contribution in [0.25, 0.3) is 22.0 Å². The Hall–Kier alpha value is -3.19. The highest BCUT2D eigenvalue weighted by molar-refractivity contribution is 5.99. The number of aliphatic hydroxyl groups is 1. The molecule has 3 aromatic rings. The molecular formula is C22H24N4O3. The summed E-state index contributed by atoms with van der Waals surface area (Å²) in [4.78, 5) is 23.0. The fraction of sp³-hybridized carbons (Fsp3) is 0.318. The van der Waals surface area contributed by atoms with E-state index in [1.54, 1.807) is 37.4 Å². The van der Waals surface area contributed by atoms with E-state index in [1.807, 2.05) is 30.3 Å². The van der Waals surface area contributed by atoms with Crippen molar-refractivity contribution in [3.63, 3.8) is 0 Å². The molecule has 0 saturated carbocycles. The van der Waals surface area contributed by atoms with Crippen LogP contribution in [-0.2, 0) is 0 Å². The third-order valence-corrected chi connectivity index (χ3v) is 5.39. The summed E-state index contributed by atoms with van der Waals surface area (Å²) < 4.78 is 5.49. The number of hydrogen-bond donors (Lipinski definition) is 2. The van der Waals surface area contributed by atoms with Crippen molar-refractivity contribution in [1.82, 2.24) is 14.9 Å². The number of ether oxygens (including phenoxy) is 1. The van der Waals surface area contributed by atoms with Crippen LogP contribution in [0.15, 0.2) is 48.8 Å². The van der Waals surface area contributed by atoms with Crippen LogP contribution in [0.1, 0.15) is 19.8 Å². The van der Waals surface area contributed by atoms with Crippen molar-refractivity contribution in [1.29, 1.82) is 0 Å². The molecule has 2 aromatic heterocycles. The van der Waals surface area contributed by atoms with Crippen LogP contribution in [-0.4, -0.2) is 51.8 Å². The summed E-state index contributed by atoms with van der Waals surface area (Å²) in [6.45, 7) is 2.84. The van der Waals surface area contributed by atoms with Gasteiger partial charge in [0, 0.05) is 30.9 Å². The van der Waals surface area contributed by atoms with Crippen molar-refractivity contribution >= 4 is 22.8 Å². The number of nitrogens with one attached hydrogen (secondary N) is 1. The molecule has 0 bridgehead atoms. The summed E-state index contributed by atoms with van der Waals surface area (Å²) in [6.07, 6.45) is 4.64. The molecular weight excluding hydrogens is 368 g/mol. The van der Waals surface area contributed by atoms with Gasteiger partial charge in [-0.2, -0.15) is 0 Å². The number of pyridine rings is 2. The van der Waals surface area contributed by atoms with E-state index in [0.29, 0.717) is 43.0 Å². The van der Waals surface area contributed by atoms with Crippen LogP contribution < -0.4 is 10.1 Å². The lowest BCUT2D eigenvalue weighted by Gasteiger charge is -2.35. The number of urea groups is 1. The Morgan fingerprint density at radius 3 is 2.55 bits per heavy atom. The number of nitrogens with zero attached hydrogens (tertiary/aromatic N) is 3. The number of anilines is 1. The summed E-state index contributed by atoms with van der Waals surface area (Å²) in [5, 5.41) is 13.9. The Labute approximate surface area is 169 Å². The molecule has 0 aliphatic carbocycles. The van der Waals surface area contributed by atoms with Crippen molar-refractivity contribution in [2.24, 2.45) is 0 Å². The molecule has 7 heteroatoms. The molecule has 4 rings (SSSR count). The lowest BCUT2D eigenvalue weighted by atomic mass is 9.94. The first kappa shape index (κ1) is 19.1. The van der Waals surface area contributed by atoms with Gasteiger partial charge in [-0.3, -0.25) is 10.3 Å². The number of likely N-dealkylation sites (tertiary alicyclic amines) is 1. The molecule has 0 unspecified atom stereocenters. The van der Waals surface area contributed by atoms with E-state index >= 15 is 0 Å². The second-order valence-corrected chi connectivity index (χ2v) is 7.56. The lowest BCUT2D eigenvalue weighted by Crippen LogP contribution is -2.46. The van der Waals surface area contributed by atoms with E-state index in [-0.39, 0.29) is 6.03 Å². The average molecular weight is 392 g/mol. The summed E-state index contributed by atoms with van der Waals surface area (Å²) in [6, 6.07) is 11.3. The zero-order chi connectivity index (χ0) is 20.4. The van der Waals surface area contributed by atoms with Crippen LogP contribution in [0.4, 0.5) is 10.6 Å². The molecule has 3 heterocycles. The minimum atomic E-state index is -0.700. The molecule has 0 spiro atoms. The van der Waals surface area contributed by atoms with Gasteiger partial charge in [-0.1, -0.05) is 0 Å². The molecule has 1 aliphatic heterocycles. The quantitative estimate of drug-likeness (QED) is 0.710. The van der Waals surface area contributed by atoms with E-state index < -0.39 is 5.60 Å². The van der Waals surface area contributed by atoms with Crippen molar-refractivity contribution in [2.75, 3.05) is 25.5 Å². The van der Waals surface area contributed by atoms with E-state index in [9.17, 15) is 9.90 Å². The number of aromatic nitrogens is 2. The SMILES string of the molecule is COc1ccc(-c2ccncc2)c2ccc(NC(=O)N3CCC(C)(O)CC3)nc12. The number of carbonyl (C=O) groups is 1. The topological polar surface area (TPSA) is 87.6 Å². The number of amides is 2. The fourth-order valence-corrected chi connectivity index (χ4v) is 3.59. The number of benzene rings is 1. The predicted molar refractivity (Wildman–Crippen MR) is 112 cm³/mol. The van der Waals surface area contributed by atoms with Crippen LogP contribution in [0.3, 0.4) is 0 Å². The highest BCUT2D eigenvalue weighted by atomic mass is 16.5. The molecule has 1 fully saturated rings. The number of fused-ring (bicyclic) bond motifs is 1. The second-order valence-electron chi connectivity index (χ2n) is 7.56. The summed E-state index contributed by atoms with van der Waals surface area (Å²) >= 11 is 0. The molecule has 29 heavy (non-hydrogen) atoms. The van der Waals surface area contributed by atoms with Gasteiger partial charge >= 0.3 is 6.03 Å². The largest absolute Gasteiger partial charge is 0.494 e. The Kier molecular flexibility index (Phi) is 5.07. The lowest BCUT2D eigenvalue weighted by molar-refractivity contribution is 0.00570. The van der Waals surface area contributed by atoms with E-state index in [2.05, 4.69) is 15.3 Å². The normalized spacial score (nSPS) is 15.9. The third-order valence-electron chi connectivity index (χ3n) is 5.39. The number of methoxy groups -OCH3 is 1. The van der Waals surface area contributed by atoms with Crippen LogP contribution >= 0.6 is 0 Å². The first-order valence-corrected chi connectivity index (χ1v) is 9.63. The first-order chi connectivity index (χ1) is 14.0. The molecule has 1 aromatic carbocycles. The van der Waals surface area contributed by atoms with Gasteiger partial charge in [-0.15, -0.1) is 0 Å². The van der Waals surface area contributed by atoms with Crippen LogP contribution in [0, 0.1) is 0 Å². The van der Waals surface area contributed by atoms with Gasteiger partial charge in [-0.25, -0.2) is 9.78 Å². The van der Waals surface area contributed by atoms with Crippen molar-refractivity contribution in [3.05, 3.63) is 48.8 Å². The van der Waals surface area contributed by atoms with Crippen LogP contribution in [0.2, 0.25) is 0 Å². The zero-order valence-electron chi connectivity index (χ0n) is 16.6. The van der Waals surface area contributed by atoms with Gasteiger partial charge in [0.25, 0.3) is 0 Å². The summed E-state index contributed by atoms with van der Waals surface area (Å²) in [5.74, 6) is 1.10. The summed E-state index contributed by atoms with van der Waals surface area (Å²) in [7, 11) is 1.60. The molecule has 0 atom stereocenters. The number of hydrogen-bond acceptors (Lipinski definition) is 5. The molecule has 1 saturated heterocycles. The maximum Gasteiger partial charge on any atom is 0.323 e. The van der Waals surface area contributed by atoms with Gasteiger partial charge in [-0.05, 0) is 67.3 Å². The minimum Gasteiger partial charge on any atom is -0.494 e. The zero-order valence-corrected chi connectivity index (χ0v) is 16.6. The molecule has 150 valence electrons. The van der Waals surface area contributed by atoms with Gasteiger partial charge < -0.3 is 14.7 Å². The second kappa shape index (κ2) is 7.67. The van der Waals surface area contributed by atoms with Crippen LogP contribution in [0.5, 0.6) is 5.75 Å². The van der Waals surface area contributed by atoms with Crippen molar-refractivity contribution < 1.29 is 14.6 Å². The maximum atomic E-state index is 12.6. The number of piperidine rings is 1. The van der Waals surface area contributed by atoms with E-state index in [4.69, 9.17) is 4.74 Å². The molecule has 2 N–H and O–H groups in total. The molecule has 1 aliphatic rings. The predicted octanol–water partition coefficient (Wildman–Crippen LogP) is 3.68. The smallest absolute Gasteiger partial charge is 0.323 e. The Morgan fingerprint density at radius 2 is 1.86 bits per heavy atom. The third kappa shape index (κ3) is 4.00. The average Bonchev–Trinajstić information content (AvgIpc) is 2.73. The van der Waals surface area contributed by atoms with Gasteiger partial charge in [0.05, 0.1) is 12.7 Å². The fourth-order valence-electron chi connectivity index (χ4n) is 3.59. The first-order valence-electron chi connectivity index (χ1n) is 9.63. The van der Waals surface area contributed by atoms with E-state index in [0.717, 1.165) is 16.5 Å². The number of rotatable bonds is 3. The van der Waals surface area contributed by atoms with Gasteiger partial charge in [0.15, 0.2) is 0 Å². The maximum absolute atomic E-state index is 12.6. The van der Waals surface area contributed by atoms with Gasteiger partial charge in [0.1, 0.15) is 17.1 Å². The number of carbonyl (C=O) groups excluding carboxylic acids is 1. The molecule has 0 radical (unpaired) electrons. The Balaban J connectivity index is 1.63. The molecule has 7 nitrogen and oxygen atoms in total. The standard InChI is InChI=1S/C22H24N4O3/c1-22(28)9-13-26(14-10-22)21(27)25-19-6-4-17-16(15-7-11-23-12-8-15)3-5-18(29-2)20(17)24-19/h3-8,11-12,28H,9-10,13-14H2,1-2H3,(H,24,25,27). The van der Waals surface area contributed by atoms with E-state index in [1.165, 1.54) is 0 Å². The van der Waals surface area contributed by atoms with Crippen molar-refractivity contribution in [2.45, 2.75) is 25.4 Å². The van der Waals surface area contributed by atoms with Crippen molar-refractivity contribution in [3.8, 4) is 16.9 Å². The Bertz CT molecular complexity index is 1030. The highest BCUT2D eigenvalue weighted by Gasteiger charge is 2.29. The summed E-state index contributed by atoms with van der Waals surface area (Å²) in [5.41, 5.74) is 2.04. The monoisotopic (exact) mass is 392 g/mol. The Morgan fingerprint density at radius 1 is 1.14 bits per heavy atom. The molecule has 2 amide bonds. The minimum absolute atomic E-state index is 0.211. The highest BCUT2D eigenvalue weighted by Crippen LogP contribution is 2.34. The van der Waals surface area contributed by atoms with Gasteiger partial charge in [0.2, 0.25) is 0 Å².